The van der Waals surface area contributed by atoms with Crippen LogP contribution in [0.5, 0.6) is 0 Å². The van der Waals surface area contributed by atoms with E-state index in [4.69, 9.17) is 9.84 Å². The normalized spacial score (nSPS) is 21.0. The number of nitrogens with zero attached hydrogens (tertiary/aromatic N) is 1. The third-order valence-corrected chi connectivity index (χ3v) is 3.92. The average Bonchev–Trinajstić information content (AvgIpc) is 3.06. The highest BCUT2D eigenvalue weighted by Crippen LogP contribution is 2.25. The molecule has 1 fully saturated rings. The molecule has 2 heterocycles. The number of ether oxygens (including phenoxy) is 1. The van der Waals surface area contributed by atoms with E-state index in [2.05, 4.69) is 0 Å². The van der Waals surface area contributed by atoms with Gasteiger partial charge in [0.15, 0.2) is 0 Å². The number of carbonyl (C=O) groups is 3. The highest BCUT2D eigenvalue weighted by atomic mass is 16.5. The summed E-state index contributed by atoms with van der Waals surface area (Å²) in [4.78, 5) is 36.6. The van der Waals surface area contributed by atoms with Crippen molar-refractivity contribution in [2.75, 3.05) is 13.2 Å². The molecule has 0 saturated carbocycles. The number of amides is 2. The first-order valence-corrected chi connectivity index (χ1v) is 6.93. The minimum Gasteiger partial charge on any atom is -0.478 e. The summed E-state index contributed by atoms with van der Waals surface area (Å²) >= 11 is 0. The lowest BCUT2D eigenvalue weighted by molar-refractivity contribution is 0.0591. The van der Waals surface area contributed by atoms with Gasteiger partial charge in [-0.2, -0.15) is 0 Å². The smallest absolute Gasteiger partial charge is 0.335 e. The molecule has 21 heavy (non-hydrogen) atoms. The molecule has 1 N–H and O–H groups in total. The molecule has 6 heteroatoms. The van der Waals surface area contributed by atoms with Crippen LogP contribution in [0.2, 0.25) is 0 Å². The van der Waals surface area contributed by atoms with Crippen LogP contribution >= 0.6 is 0 Å². The van der Waals surface area contributed by atoms with Gasteiger partial charge in [-0.25, -0.2) is 4.79 Å². The molecule has 6 nitrogen and oxygen atoms in total. The highest BCUT2D eigenvalue weighted by molar-refractivity contribution is 6.21. The van der Waals surface area contributed by atoms with Crippen molar-refractivity contribution in [3.05, 3.63) is 34.9 Å². The van der Waals surface area contributed by atoms with Crippen molar-refractivity contribution < 1.29 is 24.2 Å². The number of hydrogen-bond donors (Lipinski definition) is 1. The third kappa shape index (κ3) is 2.42. The lowest BCUT2D eigenvalue weighted by atomic mass is 10.1. The minimum atomic E-state index is -1.11. The number of benzene rings is 1. The summed E-state index contributed by atoms with van der Waals surface area (Å²) in [6.45, 7) is 1.04. The van der Waals surface area contributed by atoms with Crippen molar-refractivity contribution in [3.63, 3.8) is 0 Å². The number of hydrogen-bond acceptors (Lipinski definition) is 4. The molecule has 2 amide bonds. The second-order valence-corrected chi connectivity index (χ2v) is 5.25. The molecule has 1 aromatic rings. The fourth-order valence-electron chi connectivity index (χ4n) is 2.77. The maximum Gasteiger partial charge on any atom is 0.335 e. The number of carboxylic acid groups (broad SMARTS) is 1. The van der Waals surface area contributed by atoms with E-state index in [1.807, 2.05) is 0 Å². The highest BCUT2D eigenvalue weighted by Gasteiger charge is 2.36. The Balaban J connectivity index is 1.77. The van der Waals surface area contributed by atoms with Gasteiger partial charge in [0.05, 0.1) is 22.8 Å². The zero-order chi connectivity index (χ0) is 15.0. The second kappa shape index (κ2) is 5.29. The summed E-state index contributed by atoms with van der Waals surface area (Å²) in [5.41, 5.74) is 0.459. The van der Waals surface area contributed by atoms with E-state index in [1.54, 1.807) is 0 Å². The lowest BCUT2D eigenvalue weighted by Gasteiger charge is -2.16. The molecule has 2 aliphatic heterocycles. The van der Waals surface area contributed by atoms with Crippen molar-refractivity contribution in [2.24, 2.45) is 0 Å². The minimum absolute atomic E-state index is 0.0101. The predicted molar refractivity (Wildman–Crippen MR) is 72.4 cm³/mol. The molecule has 1 atom stereocenters. The molecule has 0 spiro atoms. The number of aromatic carboxylic acids is 1. The van der Waals surface area contributed by atoms with Crippen LogP contribution in [0.4, 0.5) is 0 Å². The molecule has 3 rings (SSSR count). The molecule has 1 saturated heterocycles. The maximum absolute atomic E-state index is 12.3. The molecule has 1 unspecified atom stereocenters. The van der Waals surface area contributed by atoms with Gasteiger partial charge in [-0.05, 0) is 37.5 Å². The predicted octanol–water partition coefficient (Wildman–Crippen LogP) is 1.55. The monoisotopic (exact) mass is 289 g/mol. The number of carboxylic acids is 1. The van der Waals surface area contributed by atoms with Crippen molar-refractivity contribution in [2.45, 2.75) is 25.4 Å². The summed E-state index contributed by atoms with van der Waals surface area (Å²) in [5, 5.41) is 8.95. The molecular formula is C15H15NO5. The summed E-state index contributed by atoms with van der Waals surface area (Å²) < 4.78 is 5.48. The van der Waals surface area contributed by atoms with Crippen LogP contribution in [0, 0.1) is 0 Å². The average molecular weight is 289 g/mol. The van der Waals surface area contributed by atoms with Gasteiger partial charge in [-0.3, -0.25) is 14.5 Å². The van der Waals surface area contributed by atoms with Crippen LogP contribution < -0.4 is 0 Å². The van der Waals surface area contributed by atoms with Gasteiger partial charge in [0.2, 0.25) is 0 Å². The van der Waals surface area contributed by atoms with Gasteiger partial charge in [0, 0.05) is 13.2 Å². The van der Waals surface area contributed by atoms with E-state index in [-0.39, 0.29) is 28.7 Å². The summed E-state index contributed by atoms with van der Waals surface area (Å²) in [5.74, 6) is -1.89. The van der Waals surface area contributed by atoms with Crippen LogP contribution in [0.1, 0.15) is 50.3 Å². The van der Waals surface area contributed by atoms with Crippen LogP contribution in [-0.4, -0.2) is 47.0 Å². The van der Waals surface area contributed by atoms with Crippen LogP contribution in [-0.2, 0) is 4.74 Å². The summed E-state index contributed by atoms with van der Waals surface area (Å²) in [6.07, 6.45) is 2.68. The molecule has 0 radical (unpaired) electrons. The van der Waals surface area contributed by atoms with Gasteiger partial charge in [0.25, 0.3) is 11.8 Å². The van der Waals surface area contributed by atoms with E-state index in [1.165, 1.54) is 23.1 Å². The van der Waals surface area contributed by atoms with Crippen molar-refractivity contribution in [1.82, 2.24) is 4.90 Å². The molecule has 0 aliphatic carbocycles. The molecule has 0 bridgehead atoms. The maximum atomic E-state index is 12.3. The third-order valence-electron chi connectivity index (χ3n) is 3.92. The Morgan fingerprint density at radius 3 is 2.71 bits per heavy atom. The topological polar surface area (TPSA) is 83.9 Å². The van der Waals surface area contributed by atoms with Gasteiger partial charge in [0.1, 0.15) is 0 Å². The Bertz CT molecular complexity index is 618. The Morgan fingerprint density at radius 1 is 1.29 bits per heavy atom. The molecule has 1 aromatic carbocycles. The molecule has 2 aliphatic rings. The largest absolute Gasteiger partial charge is 0.478 e. The molecular weight excluding hydrogens is 274 g/mol. The summed E-state index contributed by atoms with van der Waals surface area (Å²) in [6, 6.07) is 4.02. The molecule has 110 valence electrons. The summed E-state index contributed by atoms with van der Waals surface area (Å²) in [7, 11) is 0. The SMILES string of the molecule is O=C(O)c1ccc2c(c1)C(=O)N(CCC1CCCO1)C2=O. The Labute approximate surface area is 121 Å². The van der Waals surface area contributed by atoms with Gasteiger partial charge in [-0.15, -0.1) is 0 Å². The van der Waals surface area contributed by atoms with E-state index in [0.29, 0.717) is 13.0 Å². The van der Waals surface area contributed by atoms with Crippen LogP contribution in [0.25, 0.3) is 0 Å². The Kier molecular flexibility index (Phi) is 3.47. The van der Waals surface area contributed by atoms with Crippen molar-refractivity contribution in [3.8, 4) is 0 Å². The fraction of sp³-hybridized carbons (Fsp3) is 0.400. The Morgan fingerprint density at radius 2 is 2.05 bits per heavy atom. The zero-order valence-corrected chi connectivity index (χ0v) is 11.4. The number of fused-ring (bicyclic) bond motifs is 1. The lowest BCUT2D eigenvalue weighted by Crippen LogP contribution is -2.32. The first-order valence-electron chi connectivity index (χ1n) is 6.93. The zero-order valence-electron chi connectivity index (χ0n) is 11.4. The van der Waals surface area contributed by atoms with E-state index >= 15 is 0 Å². The fourth-order valence-corrected chi connectivity index (χ4v) is 2.77. The van der Waals surface area contributed by atoms with E-state index in [0.717, 1.165) is 19.4 Å². The standard InChI is InChI=1S/C15H15NO5/c17-13-11-4-3-9(15(19)20)8-12(11)14(18)16(13)6-5-10-2-1-7-21-10/h3-4,8,10H,1-2,5-7H2,(H,19,20). The van der Waals surface area contributed by atoms with Crippen molar-refractivity contribution in [1.29, 1.82) is 0 Å². The number of rotatable bonds is 4. The van der Waals surface area contributed by atoms with E-state index < -0.39 is 11.9 Å². The second-order valence-electron chi connectivity index (χ2n) is 5.25. The van der Waals surface area contributed by atoms with Gasteiger partial charge < -0.3 is 9.84 Å². The van der Waals surface area contributed by atoms with Crippen LogP contribution in [0.15, 0.2) is 18.2 Å². The van der Waals surface area contributed by atoms with Gasteiger partial charge in [-0.1, -0.05) is 0 Å². The van der Waals surface area contributed by atoms with Crippen molar-refractivity contribution >= 4 is 17.8 Å². The first-order chi connectivity index (χ1) is 10.1. The number of imide groups is 1. The molecule has 0 aromatic heterocycles. The number of carbonyl (C=O) groups excluding carboxylic acids is 2. The first kappa shape index (κ1) is 13.8. The Hall–Kier alpha value is -2.21. The quantitative estimate of drug-likeness (QED) is 0.850. The van der Waals surface area contributed by atoms with E-state index in [9.17, 15) is 14.4 Å². The van der Waals surface area contributed by atoms with Gasteiger partial charge >= 0.3 is 5.97 Å². The van der Waals surface area contributed by atoms with Crippen LogP contribution in [0.3, 0.4) is 0 Å².